The first-order valence-electron chi connectivity index (χ1n) is 5.43. The molecule has 0 saturated carbocycles. The molecule has 92 valence electrons. The summed E-state index contributed by atoms with van der Waals surface area (Å²) in [6.07, 6.45) is 2.30. The minimum absolute atomic E-state index is 0. The SMILES string of the molecule is Cl.N#Cc1ccc(NC2CCCNC2)nc1N. The van der Waals surface area contributed by atoms with Crippen molar-refractivity contribution in [1.82, 2.24) is 10.3 Å². The zero-order valence-corrected chi connectivity index (χ0v) is 10.3. The highest BCUT2D eigenvalue weighted by Gasteiger charge is 2.13. The summed E-state index contributed by atoms with van der Waals surface area (Å²) in [5.74, 6) is 1.03. The van der Waals surface area contributed by atoms with Crippen LogP contribution in [0.1, 0.15) is 18.4 Å². The van der Waals surface area contributed by atoms with Crippen molar-refractivity contribution in [3.8, 4) is 6.07 Å². The Kier molecular flexibility index (Phi) is 5.01. The van der Waals surface area contributed by atoms with Gasteiger partial charge in [-0.3, -0.25) is 0 Å². The Morgan fingerprint density at radius 3 is 2.94 bits per heavy atom. The fourth-order valence-corrected chi connectivity index (χ4v) is 1.83. The number of halogens is 1. The molecule has 1 aromatic heterocycles. The molecule has 2 heterocycles. The van der Waals surface area contributed by atoms with Gasteiger partial charge in [0.2, 0.25) is 0 Å². The Hall–Kier alpha value is -1.51. The number of aromatic nitrogens is 1. The second-order valence-corrected chi connectivity index (χ2v) is 3.93. The standard InChI is InChI=1S/C11H15N5.ClH/c12-6-8-3-4-10(16-11(8)13)15-9-2-1-5-14-7-9;/h3-4,9,14H,1-2,5,7H2,(H3,13,15,16);1H. The van der Waals surface area contributed by atoms with Crippen molar-refractivity contribution < 1.29 is 0 Å². The van der Waals surface area contributed by atoms with E-state index in [-0.39, 0.29) is 18.2 Å². The number of nitrogen functional groups attached to an aromatic ring is 1. The molecule has 0 amide bonds. The Morgan fingerprint density at radius 2 is 2.35 bits per heavy atom. The number of anilines is 2. The van der Waals surface area contributed by atoms with Crippen LogP contribution < -0.4 is 16.4 Å². The largest absolute Gasteiger partial charge is 0.383 e. The Morgan fingerprint density at radius 1 is 1.53 bits per heavy atom. The number of nitrogens with two attached hydrogens (primary N) is 1. The van der Waals surface area contributed by atoms with E-state index < -0.39 is 0 Å². The molecule has 5 nitrogen and oxygen atoms in total. The van der Waals surface area contributed by atoms with Crippen molar-refractivity contribution in [3.05, 3.63) is 17.7 Å². The maximum Gasteiger partial charge on any atom is 0.143 e. The van der Waals surface area contributed by atoms with Gasteiger partial charge < -0.3 is 16.4 Å². The molecule has 1 fully saturated rings. The predicted molar refractivity (Wildman–Crippen MR) is 70.1 cm³/mol. The van der Waals surface area contributed by atoms with Gasteiger partial charge in [-0.05, 0) is 31.5 Å². The van der Waals surface area contributed by atoms with Crippen LogP contribution in [0.2, 0.25) is 0 Å². The van der Waals surface area contributed by atoms with E-state index in [9.17, 15) is 0 Å². The smallest absolute Gasteiger partial charge is 0.143 e. The van der Waals surface area contributed by atoms with E-state index in [1.165, 1.54) is 6.42 Å². The van der Waals surface area contributed by atoms with Crippen LogP contribution in [-0.2, 0) is 0 Å². The van der Waals surface area contributed by atoms with Gasteiger partial charge in [-0.25, -0.2) is 4.98 Å². The zero-order chi connectivity index (χ0) is 11.4. The summed E-state index contributed by atoms with van der Waals surface area (Å²) < 4.78 is 0. The predicted octanol–water partition coefficient (Wildman–Crippen LogP) is 1.12. The van der Waals surface area contributed by atoms with E-state index in [2.05, 4.69) is 15.6 Å². The van der Waals surface area contributed by atoms with Crippen LogP contribution in [0.25, 0.3) is 0 Å². The number of rotatable bonds is 2. The average Bonchev–Trinajstić information content (AvgIpc) is 2.31. The third kappa shape index (κ3) is 3.48. The zero-order valence-electron chi connectivity index (χ0n) is 9.44. The summed E-state index contributed by atoms with van der Waals surface area (Å²) in [5, 5.41) is 15.4. The van der Waals surface area contributed by atoms with E-state index in [0.717, 1.165) is 25.3 Å². The fourth-order valence-electron chi connectivity index (χ4n) is 1.83. The van der Waals surface area contributed by atoms with Crippen LogP contribution in [0, 0.1) is 11.3 Å². The first-order valence-corrected chi connectivity index (χ1v) is 5.43. The molecular weight excluding hydrogens is 238 g/mol. The highest BCUT2D eigenvalue weighted by atomic mass is 35.5. The van der Waals surface area contributed by atoms with Gasteiger partial charge in [-0.1, -0.05) is 0 Å². The first kappa shape index (κ1) is 13.6. The van der Waals surface area contributed by atoms with Gasteiger partial charge in [0.25, 0.3) is 0 Å². The van der Waals surface area contributed by atoms with Crippen molar-refractivity contribution in [2.24, 2.45) is 0 Å². The van der Waals surface area contributed by atoms with Crippen molar-refractivity contribution in [1.29, 1.82) is 5.26 Å². The summed E-state index contributed by atoms with van der Waals surface area (Å²) in [6.45, 7) is 2.03. The number of hydrogen-bond acceptors (Lipinski definition) is 5. The molecule has 1 aliphatic heterocycles. The number of hydrogen-bond donors (Lipinski definition) is 3. The Balaban J connectivity index is 0.00000144. The summed E-state index contributed by atoms with van der Waals surface area (Å²) >= 11 is 0. The third-order valence-corrected chi connectivity index (χ3v) is 2.69. The topological polar surface area (TPSA) is 86.8 Å². The third-order valence-electron chi connectivity index (χ3n) is 2.69. The number of piperidine rings is 1. The molecule has 0 radical (unpaired) electrons. The van der Waals surface area contributed by atoms with Gasteiger partial charge in [-0.2, -0.15) is 5.26 Å². The lowest BCUT2D eigenvalue weighted by atomic mass is 10.1. The molecule has 0 aromatic carbocycles. The molecule has 1 aromatic rings. The monoisotopic (exact) mass is 253 g/mol. The highest BCUT2D eigenvalue weighted by Crippen LogP contribution is 2.14. The molecule has 0 aliphatic carbocycles. The molecule has 1 saturated heterocycles. The summed E-state index contributed by atoms with van der Waals surface area (Å²) in [4.78, 5) is 4.15. The molecule has 1 aliphatic rings. The lowest BCUT2D eigenvalue weighted by Gasteiger charge is -2.24. The van der Waals surface area contributed by atoms with E-state index >= 15 is 0 Å². The quantitative estimate of drug-likeness (QED) is 0.735. The number of nitriles is 1. The molecule has 1 atom stereocenters. The van der Waals surface area contributed by atoms with Crippen molar-refractivity contribution in [3.63, 3.8) is 0 Å². The lowest BCUT2D eigenvalue weighted by molar-refractivity contribution is 0.479. The average molecular weight is 254 g/mol. The number of nitrogens with one attached hydrogen (secondary N) is 2. The normalized spacial score (nSPS) is 18.9. The molecule has 1 unspecified atom stereocenters. The van der Waals surface area contributed by atoms with E-state index in [1.807, 2.05) is 6.07 Å². The van der Waals surface area contributed by atoms with Crippen LogP contribution in [0.3, 0.4) is 0 Å². The Labute approximate surface area is 107 Å². The fraction of sp³-hybridized carbons (Fsp3) is 0.455. The lowest BCUT2D eigenvalue weighted by Crippen LogP contribution is -2.38. The van der Waals surface area contributed by atoms with E-state index in [4.69, 9.17) is 11.0 Å². The minimum atomic E-state index is 0. The summed E-state index contributed by atoms with van der Waals surface area (Å²) in [7, 11) is 0. The van der Waals surface area contributed by atoms with E-state index in [1.54, 1.807) is 12.1 Å². The minimum Gasteiger partial charge on any atom is -0.383 e. The van der Waals surface area contributed by atoms with Crippen molar-refractivity contribution >= 4 is 24.0 Å². The molecular formula is C11H16ClN5. The molecule has 6 heteroatoms. The van der Waals surface area contributed by atoms with Gasteiger partial charge in [0.15, 0.2) is 0 Å². The van der Waals surface area contributed by atoms with Gasteiger partial charge in [0, 0.05) is 12.6 Å². The molecule has 0 bridgehead atoms. The molecule has 17 heavy (non-hydrogen) atoms. The second-order valence-electron chi connectivity index (χ2n) is 3.93. The highest BCUT2D eigenvalue weighted by molar-refractivity contribution is 5.85. The number of pyridine rings is 1. The van der Waals surface area contributed by atoms with Crippen LogP contribution in [0.5, 0.6) is 0 Å². The Bertz CT molecular complexity index is 409. The number of nitrogens with zero attached hydrogens (tertiary/aromatic N) is 2. The van der Waals surface area contributed by atoms with Gasteiger partial charge in [-0.15, -0.1) is 12.4 Å². The summed E-state index contributed by atoms with van der Waals surface area (Å²) in [5.41, 5.74) is 6.07. The van der Waals surface area contributed by atoms with Gasteiger partial charge >= 0.3 is 0 Å². The maximum absolute atomic E-state index is 8.73. The van der Waals surface area contributed by atoms with Gasteiger partial charge in [0.1, 0.15) is 17.7 Å². The van der Waals surface area contributed by atoms with Crippen LogP contribution in [0.4, 0.5) is 11.6 Å². The van der Waals surface area contributed by atoms with Gasteiger partial charge in [0.05, 0.1) is 5.56 Å². The van der Waals surface area contributed by atoms with E-state index in [0.29, 0.717) is 11.6 Å². The second kappa shape index (κ2) is 6.28. The van der Waals surface area contributed by atoms with Crippen molar-refractivity contribution in [2.75, 3.05) is 24.1 Å². The van der Waals surface area contributed by atoms with Crippen LogP contribution >= 0.6 is 12.4 Å². The van der Waals surface area contributed by atoms with Crippen molar-refractivity contribution in [2.45, 2.75) is 18.9 Å². The van der Waals surface area contributed by atoms with Crippen LogP contribution in [0.15, 0.2) is 12.1 Å². The van der Waals surface area contributed by atoms with Crippen LogP contribution in [-0.4, -0.2) is 24.1 Å². The first-order chi connectivity index (χ1) is 7.79. The molecule has 2 rings (SSSR count). The molecule has 0 spiro atoms. The maximum atomic E-state index is 8.73. The summed E-state index contributed by atoms with van der Waals surface area (Å²) in [6, 6.07) is 5.89. The molecule has 4 N–H and O–H groups in total.